The molecule has 0 radical (unpaired) electrons. The van der Waals surface area contributed by atoms with Crippen molar-refractivity contribution in [2.24, 2.45) is 0 Å². The number of rotatable bonds is 4. The molecule has 4 heteroatoms. The summed E-state index contributed by atoms with van der Waals surface area (Å²) < 4.78 is 1.28. The van der Waals surface area contributed by atoms with Crippen LogP contribution < -0.4 is 5.32 Å². The molecule has 0 spiro atoms. The highest BCUT2D eigenvalue weighted by Gasteiger charge is 2.10. The average Bonchev–Trinajstić information content (AvgIpc) is 2.82. The van der Waals surface area contributed by atoms with Crippen molar-refractivity contribution in [2.45, 2.75) is 22.2 Å². The van der Waals surface area contributed by atoms with Gasteiger partial charge < -0.3 is 5.32 Å². The summed E-state index contributed by atoms with van der Waals surface area (Å²) in [5.74, 6) is 0. The summed E-state index contributed by atoms with van der Waals surface area (Å²) in [6.45, 7) is 2.15. The van der Waals surface area contributed by atoms with Gasteiger partial charge in [0.05, 0.1) is 4.21 Å². The Morgan fingerprint density at radius 3 is 2.94 bits per heavy atom. The van der Waals surface area contributed by atoms with Gasteiger partial charge in [0.15, 0.2) is 0 Å². The summed E-state index contributed by atoms with van der Waals surface area (Å²) in [6, 6.07) is 8.64. The van der Waals surface area contributed by atoms with E-state index in [9.17, 15) is 0 Å². The quantitative estimate of drug-likeness (QED) is 0.898. The third-order valence-electron chi connectivity index (χ3n) is 2.39. The number of aromatic nitrogens is 1. The maximum absolute atomic E-state index is 4.45. The van der Waals surface area contributed by atoms with Crippen LogP contribution in [0.1, 0.15) is 18.5 Å². The topological polar surface area (TPSA) is 24.9 Å². The van der Waals surface area contributed by atoms with Gasteiger partial charge in [0.2, 0.25) is 0 Å². The lowest BCUT2D eigenvalue weighted by Gasteiger charge is -2.13. The second-order valence-electron chi connectivity index (χ2n) is 3.44. The fourth-order valence-corrected chi connectivity index (χ4v) is 3.25. The molecule has 0 aromatic carbocycles. The van der Waals surface area contributed by atoms with Crippen molar-refractivity contribution in [2.75, 3.05) is 7.05 Å². The molecular formula is C12H14N2S2. The number of nitrogens with zero attached hydrogens (tertiary/aromatic N) is 1. The Bertz CT molecular complexity index is 440. The molecule has 0 fully saturated rings. The number of hydrogen-bond acceptors (Lipinski definition) is 4. The van der Waals surface area contributed by atoms with Gasteiger partial charge in [-0.05, 0) is 31.5 Å². The number of nitrogens with one attached hydrogen (secondary N) is 1. The third kappa shape index (κ3) is 2.64. The van der Waals surface area contributed by atoms with E-state index >= 15 is 0 Å². The van der Waals surface area contributed by atoms with Gasteiger partial charge in [-0.3, -0.25) is 0 Å². The van der Waals surface area contributed by atoms with E-state index < -0.39 is 0 Å². The lowest BCUT2D eigenvalue weighted by molar-refractivity contribution is 0.634. The second kappa shape index (κ2) is 5.48. The minimum absolute atomic E-state index is 0.330. The van der Waals surface area contributed by atoms with Crippen LogP contribution in [-0.2, 0) is 0 Å². The van der Waals surface area contributed by atoms with Crippen molar-refractivity contribution in [1.82, 2.24) is 10.3 Å². The first-order chi connectivity index (χ1) is 7.81. The Morgan fingerprint density at radius 2 is 2.25 bits per heavy atom. The van der Waals surface area contributed by atoms with Crippen molar-refractivity contribution in [3.63, 3.8) is 0 Å². The molecule has 84 valence electrons. The van der Waals surface area contributed by atoms with Gasteiger partial charge >= 0.3 is 0 Å². The van der Waals surface area contributed by atoms with Crippen LogP contribution in [0.2, 0.25) is 0 Å². The molecule has 16 heavy (non-hydrogen) atoms. The van der Waals surface area contributed by atoms with Gasteiger partial charge in [-0.25, -0.2) is 4.98 Å². The highest BCUT2D eigenvalue weighted by atomic mass is 32.2. The first kappa shape index (κ1) is 11.6. The van der Waals surface area contributed by atoms with Crippen LogP contribution in [0.5, 0.6) is 0 Å². The minimum atomic E-state index is 0.330. The first-order valence-corrected chi connectivity index (χ1v) is 6.84. The number of pyridine rings is 1. The average molecular weight is 250 g/mol. The predicted molar refractivity (Wildman–Crippen MR) is 70.2 cm³/mol. The molecular weight excluding hydrogens is 236 g/mol. The minimum Gasteiger partial charge on any atom is -0.313 e. The predicted octanol–water partition coefficient (Wildman–Crippen LogP) is 3.57. The van der Waals surface area contributed by atoms with Crippen molar-refractivity contribution in [3.05, 3.63) is 41.4 Å². The van der Waals surface area contributed by atoms with E-state index in [4.69, 9.17) is 0 Å². The monoisotopic (exact) mass is 250 g/mol. The highest BCUT2D eigenvalue weighted by molar-refractivity contribution is 8.01. The zero-order chi connectivity index (χ0) is 11.4. The van der Waals surface area contributed by atoms with E-state index in [-0.39, 0.29) is 0 Å². The van der Waals surface area contributed by atoms with Gasteiger partial charge in [-0.15, -0.1) is 11.3 Å². The number of hydrogen-bond donors (Lipinski definition) is 1. The second-order valence-corrected chi connectivity index (χ2v) is 5.68. The summed E-state index contributed by atoms with van der Waals surface area (Å²) in [6.07, 6.45) is 1.85. The van der Waals surface area contributed by atoms with Crippen LogP contribution in [0.15, 0.2) is 45.1 Å². The van der Waals surface area contributed by atoms with Crippen LogP contribution >= 0.6 is 23.1 Å². The molecule has 1 unspecified atom stereocenters. The Balaban J connectivity index is 2.26. The van der Waals surface area contributed by atoms with Crippen LogP contribution in [-0.4, -0.2) is 12.0 Å². The molecule has 2 heterocycles. The Kier molecular flexibility index (Phi) is 3.98. The standard InChI is InChI=1S/C12H14N2S2/c1-9(13-2)10-5-3-7-14-12(10)16-11-6-4-8-15-11/h3-9,13H,1-2H3. The largest absolute Gasteiger partial charge is 0.313 e. The van der Waals surface area contributed by atoms with Gasteiger partial charge in [0, 0.05) is 17.8 Å². The molecule has 0 saturated heterocycles. The van der Waals surface area contributed by atoms with Crippen molar-refractivity contribution >= 4 is 23.1 Å². The van der Waals surface area contributed by atoms with E-state index in [1.54, 1.807) is 23.1 Å². The molecule has 0 aliphatic carbocycles. The van der Waals surface area contributed by atoms with E-state index in [0.29, 0.717) is 6.04 Å². The van der Waals surface area contributed by atoms with E-state index in [1.165, 1.54) is 9.77 Å². The van der Waals surface area contributed by atoms with E-state index in [2.05, 4.69) is 40.8 Å². The molecule has 2 nitrogen and oxygen atoms in total. The number of thiophene rings is 1. The SMILES string of the molecule is CNC(C)c1cccnc1Sc1cccs1. The normalized spacial score (nSPS) is 12.6. The van der Waals surface area contributed by atoms with Crippen LogP contribution in [0.4, 0.5) is 0 Å². The lowest BCUT2D eigenvalue weighted by Crippen LogP contribution is -2.13. The van der Waals surface area contributed by atoms with Gasteiger partial charge in [0.1, 0.15) is 5.03 Å². The summed E-state index contributed by atoms with van der Waals surface area (Å²) in [5.41, 5.74) is 1.25. The maximum atomic E-state index is 4.45. The molecule has 2 aromatic rings. The summed E-state index contributed by atoms with van der Waals surface area (Å²) in [4.78, 5) is 4.45. The Morgan fingerprint density at radius 1 is 1.38 bits per heavy atom. The molecule has 2 rings (SSSR count). The smallest absolute Gasteiger partial charge is 0.106 e. The Hall–Kier alpha value is -0.840. The first-order valence-electron chi connectivity index (χ1n) is 5.15. The lowest BCUT2D eigenvalue weighted by atomic mass is 10.1. The highest BCUT2D eigenvalue weighted by Crippen LogP contribution is 2.33. The van der Waals surface area contributed by atoms with E-state index in [0.717, 1.165) is 5.03 Å². The van der Waals surface area contributed by atoms with Gasteiger partial charge in [-0.1, -0.05) is 23.9 Å². The van der Waals surface area contributed by atoms with Crippen molar-refractivity contribution in [3.8, 4) is 0 Å². The molecule has 1 atom stereocenters. The molecule has 0 aliphatic heterocycles. The molecule has 1 N–H and O–H groups in total. The summed E-state index contributed by atoms with van der Waals surface area (Å²) in [7, 11) is 1.97. The molecule has 0 bridgehead atoms. The van der Waals surface area contributed by atoms with Crippen LogP contribution in [0.3, 0.4) is 0 Å². The fraction of sp³-hybridized carbons (Fsp3) is 0.250. The van der Waals surface area contributed by atoms with Gasteiger partial charge in [-0.2, -0.15) is 0 Å². The molecule has 0 aliphatic rings. The summed E-state index contributed by atoms with van der Waals surface area (Å²) >= 11 is 3.48. The Labute approximate surface area is 104 Å². The molecule has 0 saturated carbocycles. The van der Waals surface area contributed by atoms with Crippen molar-refractivity contribution in [1.29, 1.82) is 0 Å². The van der Waals surface area contributed by atoms with Crippen molar-refractivity contribution < 1.29 is 0 Å². The van der Waals surface area contributed by atoms with Gasteiger partial charge in [0.25, 0.3) is 0 Å². The molecule has 2 aromatic heterocycles. The van der Waals surface area contributed by atoms with E-state index in [1.807, 2.05) is 19.3 Å². The zero-order valence-corrected chi connectivity index (χ0v) is 10.9. The fourth-order valence-electron chi connectivity index (χ4n) is 1.39. The maximum Gasteiger partial charge on any atom is 0.106 e. The summed E-state index contributed by atoms with van der Waals surface area (Å²) in [5, 5.41) is 6.43. The molecule has 0 amide bonds. The third-order valence-corrected chi connectivity index (χ3v) is 4.46. The van der Waals surface area contributed by atoms with Crippen LogP contribution in [0, 0.1) is 0 Å². The van der Waals surface area contributed by atoms with Crippen LogP contribution in [0.25, 0.3) is 0 Å². The zero-order valence-electron chi connectivity index (χ0n) is 9.31.